The molecule has 2 heterocycles. The van der Waals surface area contributed by atoms with Crippen LogP contribution in [0.4, 0.5) is 5.69 Å². The van der Waals surface area contributed by atoms with Gasteiger partial charge >= 0.3 is 0 Å². The van der Waals surface area contributed by atoms with E-state index in [1.54, 1.807) is 83.3 Å². The molecule has 1 amide bonds. The maximum Gasteiger partial charge on any atom is 0.277 e. The van der Waals surface area contributed by atoms with Gasteiger partial charge in [-0.1, -0.05) is 23.7 Å². The predicted molar refractivity (Wildman–Crippen MR) is 107 cm³/mol. The Morgan fingerprint density at radius 1 is 1.14 bits per heavy atom. The van der Waals surface area contributed by atoms with Gasteiger partial charge in [0.1, 0.15) is 11.4 Å². The number of nitrogens with zero attached hydrogens (tertiary/aromatic N) is 5. The van der Waals surface area contributed by atoms with Gasteiger partial charge < -0.3 is 4.90 Å². The van der Waals surface area contributed by atoms with Crippen molar-refractivity contribution in [1.82, 2.24) is 14.4 Å². The molecule has 0 saturated carbocycles. The molecule has 0 aliphatic rings. The van der Waals surface area contributed by atoms with Crippen molar-refractivity contribution in [2.45, 2.75) is 0 Å². The molecule has 7 heteroatoms. The Balaban J connectivity index is 1.85. The summed E-state index contributed by atoms with van der Waals surface area (Å²) < 4.78 is 1.67. The van der Waals surface area contributed by atoms with Crippen LogP contribution in [0.15, 0.2) is 67.0 Å². The molecule has 0 aliphatic heterocycles. The van der Waals surface area contributed by atoms with E-state index in [4.69, 9.17) is 16.9 Å². The number of fused-ring (bicyclic) bond motifs is 1. The molecular formula is C21H14ClN5O. The fraction of sp³-hybridized carbons (Fsp3) is 0.0476. The molecule has 28 heavy (non-hydrogen) atoms. The number of aromatic nitrogens is 3. The van der Waals surface area contributed by atoms with Crippen molar-refractivity contribution in [2.75, 3.05) is 11.9 Å². The largest absolute Gasteiger partial charge is 0.310 e. The average Bonchev–Trinajstić information content (AvgIpc) is 3.13. The van der Waals surface area contributed by atoms with Gasteiger partial charge in [-0.3, -0.25) is 9.20 Å². The van der Waals surface area contributed by atoms with Crippen LogP contribution in [0.1, 0.15) is 16.1 Å². The number of hydrogen-bond donors (Lipinski definition) is 0. The van der Waals surface area contributed by atoms with Gasteiger partial charge in [0, 0.05) is 35.7 Å². The van der Waals surface area contributed by atoms with E-state index < -0.39 is 0 Å². The molecule has 0 bridgehead atoms. The summed E-state index contributed by atoms with van der Waals surface area (Å²) in [7, 11) is 1.70. The summed E-state index contributed by atoms with van der Waals surface area (Å²) in [6.07, 6.45) is 3.38. The number of carbonyl (C=O) groups excluding carboxylic acids is 1. The van der Waals surface area contributed by atoms with Crippen LogP contribution in [0.25, 0.3) is 17.0 Å². The third-order valence-corrected chi connectivity index (χ3v) is 4.66. The van der Waals surface area contributed by atoms with E-state index in [1.807, 2.05) is 0 Å². The van der Waals surface area contributed by atoms with Crippen LogP contribution >= 0.6 is 11.6 Å². The number of rotatable bonds is 3. The molecule has 0 saturated heterocycles. The zero-order valence-corrected chi connectivity index (χ0v) is 15.6. The zero-order chi connectivity index (χ0) is 19.7. The molecule has 4 rings (SSSR count). The van der Waals surface area contributed by atoms with E-state index in [-0.39, 0.29) is 5.91 Å². The highest BCUT2D eigenvalue weighted by Gasteiger charge is 2.24. The third kappa shape index (κ3) is 3.08. The van der Waals surface area contributed by atoms with Crippen molar-refractivity contribution in [3.8, 4) is 17.3 Å². The number of hydrogen-bond acceptors (Lipinski definition) is 4. The maximum absolute atomic E-state index is 13.4. The van der Waals surface area contributed by atoms with Crippen LogP contribution in [-0.4, -0.2) is 27.3 Å². The van der Waals surface area contributed by atoms with Crippen molar-refractivity contribution in [3.63, 3.8) is 0 Å². The summed E-state index contributed by atoms with van der Waals surface area (Å²) in [5.74, 6) is 0.192. The van der Waals surface area contributed by atoms with E-state index in [2.05, 4.69) is 16.0 Å². The van der Waals surface area contributed by atoms with E-state index in [1.165, 1.54) is 0 Å². The first-order chi connectivity index (χ1) is 13.6. The second kappa shape index (κ2) is 7.14. The number of anilines is 1. The second-order valence-corrected chi connectivity index (χ2v) is 6.56. The lowest BCUT2D eigenvalue weighted by atomic mass is 10.1. The molecule has 0 spiro atoms. The van der Waals surface area contributed by atoms with Crippen molar-refractivity contribution < 1.29 is 4.79 Å². The summed E-state index contributed by atoms with van der Waals surface area (Å²) in [6.45, 7) is 0. The van der Waals surface area contributed by atoms with Gasteiger partial charge in [0.25, 0.3) is 5.91 Å². The van der Waals surface area contributed by atoms with E-state index >= 15 is 0 Å². The van der Waals surface area contributed by atoms with Crippen molar-refractivity contribution >= 4 is 29.0 Å². The fourth-order valence-electron chi connectivity index (χ4n) is 2.94. The molecule has 0 fully saturated rings. The van der Waals surface area contributed by atoms with Crippen molar-refractivity contribution in [2.24, 2.45) is 0 Å². The number of amides is 1. The molecule has 0 N–H and O–H groups in total. The number of benzene rings is 2. The summed E-state index contributed by atoms with van der Waals surface area (Å²) in [6, 6.07) is 17.8. The van der Waals surface area contributed by atoms with E-state index in [0.717, 1.165) is 5.56 Å². The van der Waals surface area contributed by atoms with E-state index in [0.29, 0.717) is 33.4 Å². The lowest BCUT2D eigenvalue weighted by Gasteiger charge is -2.18. The molecule has 0 atom stereocenters. The van der Waals surface area contributed by atoms with Crippen LogP contribution in [0, 0.1) is 11.3 Å². The number of nitriles is 1. The van der Waals surface area contributed by atoms with Crippen LogP contribution in [0.5, 0.6) is 0 Å². The highest BCUT2D eigenvalue weighted by atomic mass is 35.5. The summed E-state index contributed by atoms with van der Waals surface area (Å²) >= 11 is 5.95. The summed E-state index contributed by atoms with van der Waals surface area (Å²) in [4.78, 5) is 23.7. The predicted octanol–water partition coefficient (Wildman–Crippen LogP) is 4.20. The van der Waals surface area contributed by atoms with Crippen molar-refractivity contribution in [1.29, 1.82) is 5.26 Å². The summed E-state index contributed by atoms with van der Waals surface area (Å²) in [5.41, 5.74) is 2.88. The number of imidazole rings is 1. The first-order valence-electron chi connectivity index (χ1n) is 8.45. The van der Waals surface area contributed by atoms with E-state index in [9.17, 15) is 4.79 Å². The quantitative estimate of drug-likeness (QED) is 0.528. The standard InChI is InChI=1S/C21H14ClN5O/c1-26(17-9-7-16(22)8-10-17)20(28)19-18(15-5-3-14(13-23)4-6-15)25-21-24-11-2-12-27(19)21/h2-12H,1H3. The first-order valence-corrected chi connectivity index (χ1v) is 8.83. The van der Waals surface area contributed by atoms with Gasteiger partial charge in [-0.15, -0.1) is 0 Å². The van der Waals surface area contributed by atoms with Gasteiger partial charge in [0.2, 0.25) is 5.78 Å². The Morgan fingerprint density at radius 3 is 2.54 bits per heavy atom. The molecule has 0 unspecified atom stereocenters. The zero-order valence-electron chi connectivity index (χ0n) is 14.9. The Morgan fingerprint density at radius 2 is 1.86 bits per heavy atom. The number of halogens is 1. The molecule has 2 aromatic carbocycles. The minimum absolute atomic E-state index is 0.234. The molecule has 6 nitrogen and oxygen atoms in total. The maximum atomic E-state index is 13.4. The van der Waals surface area contributed by atoms with Crippen LogP contribution in [0.2, 0.25) is 5.02 Å². The van der Waals surface area contributed by atoms with Gasteiger partial charge in [-0.25, -0.2) is 9.97 Å². The average molecular weight is 388 g/mol. The van der Waals surface area contributed by atoms with Crippen LogP contribution in [0.3, 0.4) is 0 Å². The lowest BCUT2D eigenvalue weighted by molar-refractivity contribution is 0.0988. The molecule has 0 aliphatic carbocycles. The molecule has 0 radical (unpaired) electrons. The Labute approximate surface area is 166 Å². The van der Waals surface area contributed by atoms with Gasteiger partial charge in [-0.2, -0.15) is 5.26 Å². The van der Waals surface area contributed by atoms with Crippen LogP contribution < -0.4 is 4.90 Å². The third-order valence-electron chi connectivity index (χ3n) is 4.41. The van der Waals surface area contributed by atoms with Gasteiger partial charge in [-0.05, 0) is 42.5 Å². The molecule has 136 valence electrons. The minimum atomic E-state index is -0.234. The highest BCUT2D eigenvalue weighted by molar-refractivity contribution is 6.30. The first kappa shape index (κ1) is 17.7. The number of carbonyl (C=O) groups is 1. The smallest absolute Gasteiger partial charge is 0.277 e. The Bertz CT molecular complexity index is 1210. The second-order valence-electron chi connectivity index (χ2n) is 6.13. The van der Waals surface area contributed by atoms with Gasteiger partial charge in [0.05, 0.1) is 11.6 Å². The molecule has 2 aromatic heterocycles. The topological polar surface area (TPSA) is 74.3 Å². The Hall–Kier alpha value is -3.69. The SMILES string of the molecule is CN(C(=O)c1c(-c2ccc(C#N)cc2)nc2ncccn12)c1ccc(Cl)cc1. The van der Waals surface area contributed by atoms with Gasteiger partial charge in [0.15, 0.2) is 0 Å². The molecular weight excluding hydrogens is 374 g/mol. The summed E-state index contributed by atoms with van der Waals surface area (Å²) in [5, 5.41) is 9.62. The monoisotopic (exact) mass is 387 g/mol. The Kier molecular flexibility index (Phi) is 4.52. The van der Waals surface area contributed by atoms with Crippen LogP contribution in [-0.2, 0) is 0 Å². The normalized spacial score (nSPS) is 10.6. The molecule has 4 aromatic rings. The van der Waals surface area contributed by atoms with Crippen molar-refractivity contribution in [3.05, 3.63) is 83.3 Å². The fourth-order valence-corrected chi connectivity index (χ4v) is 3.06. The lowest BCUT2D eigenvalue weighted by Crippen LogP contribution is -2.28. The highest BCUT2D eigenvalue weighted by Crippen LogP contribution is 2.27. The minimum Gasteiger partial charge on any atom is -0.310 e.